The van der Waals surface area contributed by atoms with Crippen LogP contribution in [-0.4, -0.2) is 17.5 Å². The summed E-state index contributed by atoms with van der Waals surface area (Å²) in [6.07, 6.45) is -0.777. The van der Waals surface area contributed by atoms with Crippen molar-refractivity contribution in [3.8, 4) is 0 Å². The van der Waals surface area contributed by atoms with Gasteiger partial charge in [-0.2, -0.15) is 0 Å². The Balaban J connectivity index is 2.30. The zero-order valence-electron chi connectivity index (χ0n) is 13.8. The first-order valence-electron chi connectivity index (χ1n) is 7.80. The van der Waals surface area contributed by atoms with Crippen molar-refractivity contribution in [1.82, 2.24) is 0 Å². The van der Waals surface area contributed by atoms with Crippen LogP contribution >= 0.6 is 0 Å². The van der Waals surface area contributed by atoms with Gasteiger partial charge in [-0.3, -0.25) is 14.4 Å². The monoisotopic (exact) mass is 324 g/mol. The average molecular weight is 324 g/mol. The molecule has 0 heterocycles. The van der Waals surface area contributed by atoms with Crippen molar-refractivity contribution in [2.45, 2.75) is 26.4 Å². The van der Waals surface area contributed by atoms with Gasteiger partial charge in [-0.15, -0.1) is 0 Å². The first-order valence-corrected chi connectivity index (χ1v) is 7.80. The molecule has 2 rings (SSSR count). The van der Waals surface area contributed by atoms with E-state index >= 15 is 0 Å². The standard InChI is InChI=1S/C20H20O4/c1-14(21)18(13-19(23)16-9-5-3-6-10-16)20(24-15(2)22)17-11-7-4-8-12-17/h3-12,18,20H,13H2,1-2H3. The van der Waals surface area contributed by atoms with Gasteiger partial charge in [0.15, 0.2) is 5.78 Å². The Morgan fingerprint density at radius 2 is 1.42 bits per heavy atom. The fourth-order valence-corrected chi connectivity index (χ4v) is 2.61. The molecular formula is C20H20O4. The Kier molecular flexibility index (Phi) is 6.01. The molecule has 0 N–H and O–H groups in total. The molecule has 0 bridgehead atoms. The lowest BCUT2D eigenvalue weighted by Gasteiger charge is -2.25. The highest BCUT2D eigenvalue weighted by molar-refractivity contribution is 5.98. The number of Topliss-reactive ketones (excluding diaryl/α,β-unsaturated/α-hetero) is 2. The van der Waals surface area contributed by atoms with Gasteiger partial charge in [0.25, 0.3) is 0 Å². The van der Waals surface area contributed by atoms with Crippen molar-refractivity contribution < 1.29 is 19.1 Å². The van der Waals surface area contributed by atoms with E-state index in [1.54, 1.807) is 36.4 Å². The van der Waals surface area contributed by atoms with E-state index in [2.05, 4.69) is 0 Å². The van der Waals surface area contributed by atoms with E-state index in [4.69, 9.17) is 4.74 Å². The molecule has 2 atom stereocenters. The van der Waals surface area contributed by atoms with Gasteiger partial charge in [0.2, 0.25) is 0 Å². The molecule has 24 heavy (non-hydrogen) atoms. The summed E-state index contributed by atoms with van der Waals surface area (Å²) in [5, 5.41) is 0. The number of hydrogen-bond donors (Lipinski definition) is 0. The smallest absolute Gasteiger partial charge is 0.303 e. The van der Waals surface area contributed by atoms with Crippen LogP contribution in [0, 0.1) is 5.92 Å². The molecule has 0 aliphatic carbocycles. The summed E-state index contributed by atoms with van der Waals surface area (Å²) in [5.74, 6) is -1.54. The molecule has 2 aromatic rings. The van der Waals surface area contributed by atoms with E-state index in [0.717, 1.165) is 0 Å². The molecule has 124 valence electrons. The van der Waals surface area contributed by atoms with E-state index in [1.807, 2.05) is 24.3 Å². The second kappa shape index (κ2) is 8.20. The molecule has 0 fully saturated rings. The van der Waals surface area contributed by atoms with Gasteiger partial charge in [-0.1, -0.05) is 60.7 Å². The second-order valence-corrected chi connectivity index (χ2v) is 5.65. The number of carbonyl (C=O) groups excluding carboxylic acids is 3. The third-order valence-corrected chi connectivity index (χ3v) is 3.81. The highest BCUT2D eigenvalue weighted by Crippen LogP contribution is 2.30. The largest absolute Gasteiger partial charge is 0.457 e. The van der Waals surface area contributed by atoms with Gasteiger partial charge in [0.05, 0.1) is 5.92 Å². The van der Waals surface area contributed by atoms with Gasteiger partial charge in [0.1, 0.15) is 11.9 Å². The van der Waals surface area contributed by atoms with Crippen LogP contribution < -0.4 is 0 Å². The number of esters is 1. The maximum atomic E-state index is 12.5. The lowest BCUT2D eigenvalue weighted by Crippen LogP contribution is -2.27. The first kappa shape index (κ1) is 17.6. The van der Waals surface area contributed by atoms with Crippen LogP contribution in [-0.2, 0) is 14.3 Å². The zero-order chi connectivity index (χ0) is 17.5. The molecule has 4 heteroatoms. The molecule has 0 spiro atoms. The highest BCUT2D eigenvalue weighted by Gasteiger charge is 2.32. The van der Waals surface area contributed by atoms with Gasteiger partial charge in [-0.05, 0) is 12.5 Å². The fourth-order valence-electron chi connectivity index (χ4n) is 2.61. The van der Waals surface area contributed by atoms with Crippen molar-refractivity contribution >= 4 is 17.5 Å². The Bertz CT molecular complexity index is 707. The number of ketones is 2. The minimum absolute atomic E-state index is 0.00775. The molecule has 0 saturated heterocycles. The van der Waals surface area contributed by atoms with E-state index in [9.17, 15) is 14.4 Å². The Morgan fingerprint density at radius 3 is 1.92 bits per heavy atom. The van der Waals surface area contributed by atoms with Crippen LogP contribution in [0.3, 0.4) is 0 Å². The zero-order valence-corrected chi connectivity index (χ0v) is 13.8. The van der Waals surface area contributed by atoms with Crippen LogP contribution in [0.15, 0.2) is 60.7 Å². The second-order valence-electron chi connectivity index (χ2n) is 5.65. The van der Waals surface area contributed by atoms with E-state index in [1.165, 1.54) is 13.8 Å². The van der Waals surface area contributed by atoms with Crippen molar-refractivity contribution in [2.24, 2.45) is 5.92 Å². The molecule has 0 amide bonds. The normalized spacial score (nSPS) is 12.9. The maximum Gasteiger partial charge on any atom is 0.303 e. The topological polar surface area (TPSA) is 60.4 Å². The van der Waals surface area contributed by atoms with Crippen LogP contribution in [0.2, 0.25) is 0 Å². The Morgan fingerprint density at radius 1 is 0.875 bits per heavy atom. The lowest BCUT2D eigenvalue weighted by molar-refractivity contribution is -0.151. The SMILES string of the molecule is CC(=O)OC(c1ccccc1)C(CC(=O)c1ccccc1)C(C)=O. The van der Waals surface area contributed by atoms with E-state index < -0.39 is 18.0 Å². The van der Waals surface area contributed by atoms with Crippen LogP contribution in [0.4, 0.5) is 0 Å². The number of ether oxygens (including phenoxy) is 1. The summed E-state index contributed by atoms with van der Waals surface area (Å²) < 4.78 is 5.38. The minimum atomic E-state index is -0.770. The van der Waals surface area contributed by atoms with Gasteiger partial charge >= 0.3 is 5.97 Å². The van der Waals surface area contributed by atoms with Crippen molar-refractivity contribution in [3.05, 3.63) is 71.8 Å². The summed E-state index contributed by atoms with van der Waals surface area (Å²) in [7, 11) is 0. The summed E-state index contributed by atoms with van der Waals surface area (Å²) in [6, 6.07) is 17.8. The number of carbonyl (C=O) groups is 3. The van der Waals surface area contributed by atoms with E-state index in [-0.39, 0.29) is 18.0 Å². The maximum absolute atomic E-state index is 12.5. The van der Waals surface area contributed by atoms with Crippen LogP contribution in [0.5, 0.6) is 0 Å². The summed E-state index contributed by atoms with van der Waals surface area (Å²) in [5.41, 5.74) is 1.24. The van der Waals surface area contributed by atoms with Gasteiger partial charge in [-0.25, -0.2) is 0 Å². The Labute approximate surface area is 141 Å². The molecule has 4 nitrogen and oxygen atoms in total. The number of rotatable bonds is 7. The van der Waals surface area contributed by atoms with E-state index in [0.29, 0.717) is 11.1 Å². The minimum Gasteiger partial charge on any atom is -0.457 e. The third-order valence-electron chi connectivity index (χ3n) is 3.81. The molecule has 2 unspecified atom stereocenters. The highest BCUT2D eigenvalue weighted by atomic mass is 16.5. The third kappa shape index (κ3) is 4.62. The fraction of sp³-hybridized carbons (Fsp3) is 0.250. The Hall–Kier alpha value is -2.75. The summed E-state index contributed by atoms with van der Waals surface area (Å²) in [6.45, 7) is 2.72. The summed E-state index contributed by atoms with van der Waals surface area (Å²) >= 11 is 0. The molecule has 2 aromatic carbocycles. The summed E-state index contributed by atoms with van der Waals surface area (Å²) in [4.78, 5) is 36.1. The van der Waals surface area contributed by atoms with Crippen LogP contribution in [0.1, 0.15) is 42.3 Å². The molecule has 0 saturated carbocycles. The molecule has 0 radical (unpaired) electrons. The van der Waals surface area contributed by atoms with Crippen LogP contribution in [0.25, 0.3) is 0 Å². The number of benzene rings is 2. The predicted molar refractivity (Wildman–Crippen MR) is 90.5 cm³/mol. The predicted octanol–water partition coefficient (Wildman–Crippen LogP) is 3.77. The lowest BCUT2D eigenvalue weighted by atomic mass is 9.86. The first-order chi connectivity index (χ1) is 11.5. The van der Waals surface area contributed by atoms with Crippen molar-refractivity contribution in [2.75, 3.05) is 0 Å². The average Bonchev–Trinajstić information content (AvgIpc) is 2.59. The van der Waals surface area contributed by atoms with Gasteiger partial charge in [0, 0.05) is 18.9 Å². The quantitative estimate of drug-likeness (QED) is 0.574. The molecular weight excluding hydrogens is 304 g/mol. The molecule has 0 aromatic heterocycles. The van der Waals surface area contributed by atoms with Gasteiger partial charge < -0.3 is 4.74 Å². The molecule has 0 aliphatic rings. The molecule has 0 aliphatic heterocycles. The van der Waals surface area contributed by atoms with Crippen molar-refractivity contribution in [3.63, 3.8) is 0 Å². The van der Waals surface area contributed by atoms with Crippen molar-refractivity contribution in [1.29, 1.82) is 0 Å². The number of hydrogen-bond acceptors (Lipinski definition) is 4.